The second-order valence-electron chi connectivity index (χ2n) is 5.74. The van der Waals surface area contributed by atoms with Gasteiger partial charge in [-0.1, -0.05) is 20.8 Å². The standard InChI is InChI=1S/C13H25N3O2/c1-13(2,3)12(18)15-6-4-5-11(17)16-9-7-14-8-10-16/h14H,4-10H2,1-3H3,(H,15,18). The summed E-state index contributed by atoms with van der Waals surface area (Å²) < 4.78 is 0. The molecule has 1 heterocycles. The van der Waals surface area contributed by atoms with Gasteiger partial charge in [0.1, 0.15) is 0 Å². The van der Waals surface area contributed by atoms with Crippen LogP contribution in [0.5, 0.6) is 0 Å². The van der Waals surface area contributed by atoms with E-state index in [0.717, 1.165) is 26.2 Å². The zero-order valence-corrected chi connectivity index (χ0v) is 11.7. The van der Waals surface area contributed by atoms with Gasteiger partial charge in [-0.3, -0.25) is 9.59 Å². The number of amides is 2. The molecule has 2 amide bonds. The maximum Gasteiger partial charge on any atom is 0.225 e. The molecule has 0 unspecified atom stereocenters. The van der Waals surface area contributed by atoms with Crippen LogP contribution in [0.15, 0.2) is 0 Å². The third-order valence-corrected chi connectivity index (χ3v) is 3.00. The minimum Gasteiger partial charge on any atom is -0.356 e. The van der Waals surface area contributed by atoms with Crippen LogP contribution in [0.1, 0.15) is 33.6 Å². The molecule has 1 rings (SSSR count). The van der Waals surface area contributed by atoms with Crippen molar-refractivity contribution in [3.05, 3.63) is 0 Å². The molecule has 104 valence electrons. The molecule has 5 heteroatoms. The van der Waals surface area contributed by atoms with Crippen LogP contribution in [0, 0.1) is 5.41 Å². The van der Waals surface area contributed by atoms with E-state index in [0.29, 0.717) is 19.4 Å². The molecule has 1 aliphatic heterocycles. The highest BCUT2D eigenvalue weighted by Gasteiger charge is 2.20. The average molecular weight is 255 g/mol. The van der Waals surface area contributed by atoms with Crippen molar-refractivity contribution in [3.8, 4) is 0 Å². The molecule has 1 fully saturated rings. The Hall–Kier alpha value is -1.10. The fraction of sp³-hybridized carbons (Fsp3) is 0.846. The van der Waals surface area contributed by atoms with Crippen LogP contribution >= 0.6 is 0 Å². The Morgan fingerprint density at radius 2 is 1.83 bits per heavy atom. The summed E-state index contributed by atoms with van der Waals surface area (Å²) in [7, 11) is 0. The molecule has 0 aromatic heterocycles. The first-order valence-electron chi connectivity index (χ1n) is 6.68. The highest BCUT2D eigenvalue weighted by molar-refractivity contribution is 5.81. The zero-order valence-electron chi connectivity index (χ0n) is 11.7. The first-order chi connectivity index (χ1) is 8.41. The summed E-state index contributed by atoms with van der Waals surface area (Å²) in [6.45, 7) is 9.59. The highest BCUT2D eigenvalue weighted by Crippen LogP contribution is 2.12. The van der Waals surface area contributed by atoms with Gasteiger partial charge in [-0.15, -0.1) is 0 Å². The largest absolute Gasteiger partial charge is 0.356 e. The number of carbonyl (C=O) groups is 2. The maximum absolute atomic E-state index is 11.8. The number of nitrogens with one attached hydrogen (secondary N) is 2. The van der Waals surface area contributed by atoms with Crippen LogP contribution in [0.3, 0.4) is 0 Å². The fourth-order valence-corrected chi connectivity index (χ4v) is 1.78. The van der Waals surface area contributed by atoms with Gasteiger partial charge >= 0.3 is 0 Å². The lowest BCUT2D eigenvalue weighted by Crippen LogP contribution is -2.46. The molecular weight excluding hydrogens is 230 g/mol. The van der Waals surface area contributed by atoms with E-state index in [1.807, 2.05) is 25.7 Å². The molecule has 2 N–H and O–H groups in total. The number of hydrogen-bond acceptors (Lipinski definition) is 3. The molecule has 0 aromatic carbocycles. The summed E-state index contributed by atoms with van der Waals surface area (Å²) >= 11 is 0. The minimum absolute atomic E-state index is 0.0390. The van der Waals surface area contributed by atoms with E-state index in [1.54, 1.807) is 0 Å². The molecule has 1 aliphatic rings. The molecule has 5 nitrogen and oxygen atoms in total. The summed E-state index contributed by atoms with van der Waals surface area (Å²) in [5, 5.41) is 6.08. The van der Waals surface area contributed by atoms with Gasteiger partial charge in [-0.05, 0) is 6.42 Å². The number of rotatable bonds is 4. The van der Waals surface area contributed by atoms with E-state index in [9.17, 15) is 9.59 Å². The molecule has 0 spiro atoms. The van der Waals surface area contributed by atoms with Crippen LogP contribution in [0.25, 0.3) is 0 Å². The first-order valence-corrected chi connectivity index (χ1v) is 6.68. The van der Waals surface area contributed by atoms with Crippen molar-refractivity contribution in [3.63, 3.8) is 0 Å². The average Bonchev–Trinajstić information content (AvgIpc) is 2.34. The Bertz CT molecular complexity index is 291. The molecule has 0 bridgehead atoms. The number of hydrogen-bond donors (Lipinski definition) is 2. The third-order valence-electron chi connectivity index (χ3n) is 3.00. The second-order valence-corrected chi connectivity index (χ2v) is 5.74. The van der Waals surface area contributed by atoms with Gasteiger partial charge in [-0.2, -0.15) is 0 Å². The molecular formula is C13H25N3O2. The Morgan fingerprint density at radius 3 is 2.39 bits per heavy atom. The minimum atomic E-state index is -0.359. The number of carbonyl (C=O) groups excluding carboxylic acids is 2. The van der Waals surface area contributed by atoms with Gasteiger partial charge in [0, 0.05) is 44.6 Å². The number of piperazine rings is 1. The van der Waals surface area contributed by atoms with E-state index >= 15 is 0 Å². The van der Waals surface area contributed by atoms with E-state index in [-0.39, 0.29) is 17.2 Å². The van der Waals surface area contributed by atoms with Crippen molar-refractivity contribution >= 4 is 11.8 Å². The molecule has 0 saturated carbocycles. The summed E-state index contributed by atoms with van der Waals surface area (Å²) in [5.74, 6) is 0.235. The fourth-order valence-electron chi connectivity index (χ4n) is 1.78. The molecule has 0 aromatic rings. The topological polar surface area (TPSA) is 61.4 Å². The lowest BCUT2D eigenvalue weighted by Gasteiger charge is -2.27. The van der Waals surface area contributed by atoms with E-state index in [2.05, 4.69) is 10.6 Å². The van der Waals surface area contributed by atoms with Gasteiger partial charge < -0.3 is 15.5 Å². The van der Waals surface area contributed by atoms with E-state index < -0.39 is 0 Å². The second kappa shape index (κ2) is 6.73. The molecule has 1 saturated heterocycles. The Labute approximate surface area is 109 Å². The van der Waals surface area contributed by atoms with Gasteiger partial charge in [0.2, 0.25) is 11.8 Å². The van der Waals surface area contributed by atoms with Crippen molar-refractivity contribution in [1.29, 1.82) is 0 Å². The van der Waals surface area contributed by atoms with Crippen LogP contribution in [0.2, 0.25) is 0 Å². The van der Waals surface area contributed by atoms with Gasteiger partial charge in [-0.25, -0.2) is 0 Å². The monoisotopic (exact) mass is 255 g/mol. The van der Waals surface area contributed by atoms with Crippen molar-refractivity contribution in [2.75, 3.05) is 32.7 Å². The predicted octanol–water partition coefficient (Wildman–Crippen LogP) is 0.361. The van der Waals surface area contributed by atoms with Crippen LogP contribution in [0.4, 0.5) is 0 Å². The van der Waals surface area contributed by atoms with E-state index in [4.69, 9.17) is 0 Å². The quantitative estimate of drug-likeness (QED) is 0.713. The summed E-state index contributed by atoms with van der Waals surface area (Å²) in [6, 6.07) is 0. The van der Waals surface area contributed by atoms with Crippen molar-refractivity contribution in [1.82, 2.24) is 15.5 Å². The van der Waals surface area contributed by atoms with Gasteiger partial charge in [0.05, 0.1) is 0 Å². The molecule has 0 radical (unpaired) electrons. The smallest absolute Gasteiger partial charge is 0.225 e. The summed E-state index contributed by atoms with van der Waals surface area (Å²) in [4.78, 5) is 25.3. The van der Waals surface area contributed by atoms with Crippen LogP contribution < -0.4 is 10.6 Å². The van der Waals surface area contributed by atoms with Crippen molar-refractivity contribution < 1.29 is 9.59 Å². The predicted molar refractivity (Wildman–Crippen MR) is 71.1 cm³/mol. The Balaban J connectivity index is 2.14. The molecule has 0 aliphatic carbocycles. The normalized spacial score (nSPS) is 16.5. The first kappa shape index (κ1) is 15.0. The van der Waals surface area contributed by atoms with Crippen LogP contribution in [-0.2, 0) is 9.59 Å². The molecule has 0 atom stereocenters. The Morgan fingerprint density at radius 1 is 1.22 bits per heavy atom. The number of nitrogens with zero attached hydrogens (tertiary/aromatic N) is 1. The lowest BCUT2D eigenvalue weighted by atomic mass is 9.96. The van der Waals surface area contributed by atoms with Gasteiger partial charge in [0.25, 0.3) is 0 Å². The summed E-state index contributed by atoms with van der Waals surface area (Å²) in [5.41, 5.74) is -0.359. The van der Waals surface area contributed by atoms with Gasteiger partial charge in [0.15, 0.2) is 0 Å². The third kappa shape index (κ3) is 5.04. The zero-order chi connectivity index (χ0) is 13.6. The molecule has 18 heavy (non-hydrogen) atoms. The Kier molecular flexibility index (Phi) is 5.59. The lowest BCUT2D eigenvalue weighted by molar-refractivity contribution is -0.132. The van der Waals surface area contributed by atoms with Crippen molar-refractivity contribution in [2.24, 2.45) is 5.41 Å². The SMILES string of the molecule is CC(C)(C)C(=O)NCCCC(=O)N1CCNCC1. The summed E-state index contributed by atoms with van der Waals surface area (Å²) in [6.07, 6.45) is 1.23. The van der Waals surface area contributed by atoms with E-state index in [1.165, 1.54) is 0 Å². The van der Waals surface area contributed by atoms with Crippen LogP contribution in [-0.4, -0.2) is 49.4 Å². The maximum atomic E-state index is 11.8. The van der Waals surface area contributed by atoms with Crippen molar-refractivity contribution in [2.45, 2.75) is 33.6 Å². The highest BCUT2D eigenvalue weighted by atomic mass is 16.2.